The summed E-state index contributed by atoms with van der Waals surface area (Å²) in [7, 11) is -3.85. The number of carbonyl (C=O) groups excluding carboxylic acids is 1. The van der Waals surface area contributed by atoms with E-state index in [1.54, 1.807) is 42.7 Å². The van der Waals surface area contributed by atoms with E-state index in [0.717, 1.165) is 19.3 Å². The molecule has 4 rings (SSSR count). The molecule has 2 aliphatic rings. The number of pyridine rings is 1. The van der Waals surface area contributed by atoms with Gasteiger partial charge in [0.05, 0.1) is 17.3 Å². The van der Waals surface area contributed by atoms with Crippen LogP contribution in [0.4, 0.5) is 5.69 Å². The molecule has 1 aromatic carbocycles. The summed E-state index contributed by atoms with van der Waals surface area (Å²) < 4.78 is 35.3. The fourth-order valence-corrected chi connectivity index (χ4v) is 4.47. The van der Waals surface area contributed by atoms with Crippen LogP contribution in [-0.2, 0) is 10.2 Å². The van der Waals surface area contributed by atoms with Gasteiger partial charge in [-0.15, -0.1) is 4.40 Å². The van der Waals surface area contributed by atoms with Crippen molar-refractivity contribution < 1.29 is 17.9 Å². The van der Waals surface area contributed by atoms with Gasteiger partial charge >= 0.3 is 10.2 Å². The topological polar surface area (TPSA) is 127 Å². The molecule has 2 aromatic rings. The highest BCUT2D eigenvalue weighted by atomic mass is 32.2. The highest BCUT2D eigenvalue weighted by Gasteiger charge is 2.29. The summed E-state index contributed by atoms with van der Waals surface area (Å²) in [6.45, 7) is 0.929. The van der Waals surface area contributed by atoms with E-state index in [4.69, 9.17) is 10.5 Å². The van der Waals surface area contributed by atoms with E-state index in [-0.39, 0.29) is 24.4 Å². The lowest BCUT2D eigenvalue weighted by molar-refractivity contribution is 0.0528. The van der Waals surface area contributed by atoms with Crippen LogP contribution in [0.15, 0.2) is 47.1 Å². The Hall–Kier alpha value is -3.14. The van der Waals surface area contributed by atoms with E-state index in [0.29, 0.717) is 29.1 Å². The number of nitrogens with two attached hydrogens (primary N) is 1. The molecule has 9 nitrogen and oxygen atoms in total. The standard InChI is InChI=1S/C19H21N5O4S/c20-18-17-15(22-29(26,27)23-18)5-3-6-16(17)28-12-14-4-1-2-11-24(14)19(25)13-7-9-21-10-8-13/h3,5-10,14,22H,1-2,4,11-12H2,(H2,20,23). The van der Waals surface area contributed by atoms with Crippen molar-refractivity contribution in [3.63, 3.8) is 0 Å². The van der Waals surface area contributed by atoms with Gasteiger partial charge in [-0.25, -0.2) is 0 Å². The second-order valence-corrected chi connectivity index (χ2v) is 8.26. The lowest BCUT2D eigenvalue weighted by Crippen LogP contribution is -2.46. The average Bonchev–Trinajstić information content (AvgIpc) is 2.71. The number of ether oxygens (including phenoxy) is 1. The van der Waals surface area contributed by atoms with E-state index >= 15 is 0 Å². The fourth-order valence-electron chi connectivity index (χ4n) is 3.63. The van der Waals surface area contributed by atoms with Crippen molar-refractivity contribution >= 4 is 27.6 Å². The lowest BCUT2D eigenvalue weighted by Gasteiger charge is -2.35. The zero-order valence-electron chi connectivity index (χ0n) is 15.6. The Labute approximate surface area is 168 Å². The number of amides is 1. The number of hydrogen-bond acceptors (Lipinski definition) is 6. The van der Waals surface area contributed by atoms with Gasteiger partial charge in [-0.3, -0.25) is 14.5 Å². The molecular formula is C19H21N5O4S. The zero-order valence-corrected chi connectivity index (χ0v) is 16.4. The monoisotopic (exact) mass is 415 g/mol. The minimum Gasteiger partial charge on any atom is -0.491 e. The van der Waals surface area contributed by atoms with Gasteiger partial charge < -0.3 is 15.4 Å². The Balaban J connectivity index is 1.53. The number of nitrogens with zero attached hydrogens (tertiary/aromatic N) is 3. The second kappa shape index (κ2) is 7.70. The highest BCUT2D eigenvalue weighted by molar-refractivity contribution is 7.91. The van der Waals surface area contributed by atoms with Gasteiger partial charge in [0, 0.05) is 24.5 Å². The molecule has 1 atom stereocenters. The van der Waals surface area contributed by atoms with Crippen LogP contribution in [0.5, 0.6) is 5.75 Å². The first-order valence-corrected chi connectivity index (χ1v) is 10.7. The van der Waals surface area contributed by atoms with E-state index in [1.165, 1.54) is 0 Å². The summed E-state index contributed by atoms with van der Waals surface area (Å²) in [5.74, 6) is 0.250. The molecule has 1 saturated heterocycles. The summed E-state index contributed by atoms with van der Waals surface area (Å²) in [6, 6.07) is 8.28. The third-order valence-electron chi connectivity index (χ3n) is 4.99. The first-order chi connectivity index (χ1) is 13.9. The molecule has 3 heterocycles. The highest BCUT2D eigenvalue weighted by Crippen LogP contribution is 2.31. The number of nitrogens with one attached hydrogen (secondary N) is 1. The van der Waals surface area contributed by atoms with Crippen molar-refractivity contribution in [1.82, 2.24) is 9.88 Å². The Morgan fingerprint density at radius 3 is 2.83 bits per heavy atom. The molecule has 1 amide bonds. The summed E-state index contributed by atoms with van der Waals surface area (Å²) >= 11 is 0. The van der Waals surface area contributed by atoms with Gasteiger partial charge in [0.15, 0.2) is 5.84 Å². The molecule has 10 heteroatoms. The lowest BCUT2D eigenvalue weighted by atomic mass is 10.0. The van der Waals surface area contributed by atoms with Gasteiger partial charge in [0.2, 0.25) is 0 Å². The molecule has 1 aromatic heterocycles. The number of hydrogen-bond donors (Lipinski definition) is 2. The third-order valence-corrected chi connectivity index (χ3v) is 5.90. The van der Waals surface area contributed by atoms with Crippen LogP contribution in [0.1, 0.15) is 35.2 Å². The van der Waals surface area contributed by atoms with Crippen molar-refractivity contribution in [3.05, 3.63) is 53.9 Å². The van der Waals surface area contributed by atoms with Gasteiger partial charge in [-0.05, 0) is 43.5 Å². The predicted octanol–water partition coefficient (Wildman–Crippen LogP) is 1.53. The minimum atomic E-state index is -3.85. The van der Waals surface area contributed by atoms with Crippen molar-refractivity contribution in [2.45, 2.75) is 25.3 Å². The maximum absolute atomic E-state index is 12.9. The Bertz CT molecular complexity index is 1060. The molecule has 0 bridgehead atoms. The number of amidine groups is 1. The van der Waals surface area contributed by atoms with E-state index in [9.17, 15) is 13.2 Å². The Kier molecular flexibility index (Phi) is 5.10. The number of piperidine rings is 1. The number of rotatable bonds is 4. The van der Waals surface area contributed by atoms with E-state index in [1.807, 2.05) is 4.90 Å². The maximum Gasteiger partial charge on any atom is 0.344 e. The van der Waals surface area contributed by atoms with Gasteiger partial charge in [0.1, 0.15) is 12.4 Å². The van der Waals surface area contributed by atoms with Gasteiger partial charge in [-0.1, -0.05) is 6.07 Å². The maximum atomic E-state index is 12.9. The van der Waals surface area contributed by atoms with Crippen LogP contribution in [0, 0.1) is 0 Å². The minimum absolute atomic E-state index is 0.0513. The van der Waals surface area contributed by atoms with Crippen LogP contribution in [0.3, 0.4) is 0 Å². The van der Waals surface area contributed by atoms with Crippen LogP contribution in [-0.4, -0.2) is 49.2 Å². The zero-order chi connectivity index (χ0) is 20.4. The number of benzene rings is 1. The summed E-state index contributed by atoms with van der Waals surface area (Å²) in [5, 5.41) is 0. The molecule has 1 unspecified atom stereocenters. The van der Waals surface area contributed by atoms with E-state index < -0.39 is 10.2 Å². The molecule has 2 aliphatic heterocycles. The van der Waals surface area contributed by atoms with Crippen molar-refractivity contribution in [2.24, 2.45) is 10.1 Å². The largest absolute Gasteiger partial charge is 0.491 e. The first-order valence-electron chi connectivity index (χ1n) is 9.30. The number of anilines is 1. The summed E-state index contributed by atoms with van der Waals surface area (Å²) in [6.07, 6.45) is 5.96. The second-order valence-electron chi connectivity index (χ2n) is 6.93. The smallest absolute Gasteiger partial charge is 0.344 e. The molecule has 0 aliphatic carbocycles. The molecule has 3 N–H and O–H groups in total. The van der Waals surface area contributed by atoms with Crippen molar-refractivity contribution in [3.8, 4) is 5.75 Å². The molecular weight excluding hydrogens is 394 g/mol. The van der Waals surface area contributed by atoms with Gasteiger partial charge in [-0.2, -0.15) is 8.42 Å². The van der Waals surface area contributed by atoms with Gasteiger partial charge in [0.25, 0.3) is 5.91 Å². The average molecular weight is 415 g/mol. The molecule has 0 spiro atoms. The third kappa shape index (κ3) is 4.02. The number of aromatic nitrogens is 1. The quantitative estimate of drug-likeness (QED) is 0.780. The number of fused-ring (bicyclic) bond motifs is 1. The van der Waals surface area contributed by atoms with Crippen LogP contribution < -0.4 is 15.2 Å². The van der Waals surface area contributed by atoms with Crippen LogP contribution >= 0.6 is 0 Å². The number of likely N-dealkylation sites (tertiary alicyclic amines) is 1. The SMILES string of the molecule is NC1=NS(=O)(=O)Nc2cccc(OCC3CCCCN3C(=O)c3ccncc3)c21. The first kappa shape index (κ1) is 19.2. The molecule has 0 radical (unpaired) electrons. The normalized spacial score (nSPS) is 20.2. The van der Waals surface area contributed by atoms with Crippen LogP contribution in [0.2, 0.25) is 0 Å². The van der Waals surface area contributed by atoms with Crippen LogP contribution in [0.25, 0.3) is 0 Å². The van der Waals surface area contributed by atoms with E-state index in [2.05, 4.69) is 14.1 Å². The fraction of sp³-hybridized carbons (Fsp3) is 0.316. The Morgan fingerprint density at radius 1 is 1.24 bits per heavy atom. The molecule has 152 valence electrons. The summed E-state index contributed by atoms with van der Waals surface area (Å²) in [5.41, 5.74) is 7.19. The molecule has 1 fully saturated rings. The van der Waals surface area contributed by atoms with Crippen molar-refractivity contribution in [2.75, 3.05) is 17.9 Å². The molecule has 0 saturated carbocycles. The Morgan fingerprint density at radius 2 is 2.03 bits per heavy atom. The number of carbonyl (C=O) groups is 1. The molecule has 29 heavy (non-hydrogen) atoms. The predicted molar refractivity (Wildman–Crippen MR) is 108 cm³/mol. The summed E-state index contributed by atoms with van der Waals surface area (Å²) in [4.78, 5) is 18.7. The van der Waals surface area contributed by atoms with Crippen molar-refractivity contribution in [1.29, 1.82) is 0 Å².